The molecular formula is C32H40N8O8. The lowest BCUT2D eigenvalue weighted by Gasteiger charge is -2.29. The summed E-state index contributed by atoms with van der Waals surface area (Å²) in [6, 6.07) is 0. The molecule has 2 aliphatic rings. The molecule has 2 saturated heterocycles. The van der Waals surface area contributed by atoms with Crippen molar-refractivity contribution in [2.24, 2.45) is 0 Å². The molecule has 2 aliphatic heterocycles. The Hall–Kier alpha value is -5.80. The summed E-state index contributed by atoms with van der Waals surface area (Å²) in [6.07, 6.45) is 8.78. The highest BCUT2D eigenvalue weighted by Gasteiger charge is 2.34. The minimum atomic E-state index is -0.544. The molecule has 48 heavy (non-hydrogen) atoms. The first kappa shape index (κ1) is 38.4. The molecule has 256 valence electrons. The zero-order valence-electron chi connectivity index (χ0n) is 28.0. The SMILES string of the molecule is C=CC(C)(C)c1[nH]cnc1/C=C1\NC(=O)CN(C(C)=O)C1=O.C=CC(C)(C)c1[nH]cnc1C=O.CC(=O)N1CC(=O)N(C(C)=O)CC1=O. The number of aromatic amines is 2. The number of rotatable bonds is 6. The van der Waals surface area contributed by atoms with Crippen molar-refractivity contribution < 1.29 is 38.4 Å². The van der Waals surface area contributed by atoms with Crippen molar-refractivity contribution in [1.82, 2.24) is 40.0 Å². The summed E-state index contributed by atoms with van der Waals surface area (Å²) in [5.74, 6) is -3.43. The van der Waals surface area contributed by atoms with Crippen LogP contribution in [0.25, 0.3) is 6.08 Å². The van der Waals surface area contributed by atoms with E-state index in [1.165, 1.54) is 39.5 Å². The van der Waals surface area contributed by atoms with Crippen LogP contribution in [-0.2, 0) is 44.4 Å². The third-order valence-corrected chi connectivity index (χ3v) is 7.42. The molecule has 2 aromatic rings. The van der Waals surface area contributed by atoms with E-state index in [0.29, 0.717) is 11.4 Å². The molecule has 2 fully saturated rings. The highest BCUT2D eigenvalue weighted by Crippen LogP contribution is 2.26. The first-order valence-corrected chi connectivity index (χ1v) is 14.6. The second kappa shape index (κ2) is 15.7. The monoisotopic (exact) mass is 664 g/mol. The largest absolute Gasteiger partial charge is 0.347 e. The minimum Gasteiger partial charge on any atom is -0.347 e. The zero-order valence-corrected chi connectivity index (χ0v) is 28.0. The van der Waals surface area contributed by atoms with E-state index in [1.807, 2.05) is 27.7 Å². The highest BCUT2D eigenvalue weighted by molar-refractivity contribution is 6.12. The van der Waals surface area contributed by atoms with Gasteiger partial charge in [0.1, 0.15) is 31.0 Å². The summed E-state index contributed by atoms with van der Waals surface area (Å²) in [7, 11) is 0. The van der Waals surface area contributed by atoms with Gasteiger partial charge in [0, 0.05) is 31.6 Å². The fourth-order valence-electron chi connectivity index (χ4n) is 4.33. The second-order valence-electron chi connectivity index (χ2n) is 11.8. The molecule has 3 N–H and O–H groups in total. The first-order chi connectivity index (χ1) is 22.3. The Morgan fingerprint density at radius 1 is 0.729 bits per heavy atom. The number of imidazole rings is 2. The van der Waals surface area contributed by atoms with Crippen molar-refractivity contribution in [3.05, 3.63) is 66.4 Å². The Morgan fingerprint density at radius 3 is 1.54 bits per heavy atom. The molecule has 0 bridgehead atoms. The Kier molecular flexibility index (Phi) is 12.5. The van der Waals surface area contributed by atoms with Gasteiger partial charge in [0.05, 0.1) is 29.7 Å². The third kappa shape index (κ3) is 9.14. The maximum atomic E-state index is 12.2. The fourth-order valence-corrected chi connectivity index (χ4v) is 4.33. The van der Waals surface area contributed by atoms with Crippen LogP contribution in [0.3, 0.4) is 0 Å². The van der Waals surface area contributed by atoms with Crippen LogP contribution >= 0.6 is 0 Å². The zero-order chi connectivity index (χ0) is 36.6. The Bertz CT molecular complexity index is 1650. The molecular weight excluding hydrogens is 624 g/mol. The van der Waals surface area contributed by atoms with Gasteiger partial charge in [0.2, 0.25) is 35.4 Å². The number of aromatic nitrogens is 4. The molecule has 0 aliphatic carbocycles. The number of H-pyrrole nitrogens is 2. The molecule has 7 amide bonds. The summed E-state index contributed by atoms with van der Waals surface area (Å²) in [5.41, 5.74) is 1.96. The van der Waals surface area contributed by atoms with Crippen LogP contribution in [0.5, 0.6) is 0 Å². The van der Waals surface area contributed by atoms with Gasteiger partial charge in [0.25, 0.3) is 5.91 Å². The number of nitrogens with one attached hydrogen (secondary N) is 3. The molecule has 0 radical (unpaired) electrons. The summed E-state index contributed by atoms with van der Waals surface area (Å²) in [5, 5.41) is 2.48. The molecule has 0 saturated carbocycles. The van der Waals surface area contributed by atoms with E-state index in [4.69, 9.17) is 0 Å². The topological polar surface area (TPSA) is 216 Å². The average molecular weight is 665 g/mol. The van der Waals surface area contributed by atoms with E-state index >= 15 is 0 Å². The molecule has 0 atom stereocenters. The molecule has 0 spiro atoms. The molecule has 0 unspecified atom stereocenters. The normalized spacial score (nSPS) is 15.9. The van der Waals surface area contributed by atoms with Crippen LogP contribution in [0.1, 0.15) is 76.0 Å². The van der Waals surface area contributed by atoms with Gasteiger partial charge < -0.3 is 15.3 Å². The van der Waals surface area contributed by atoms with Gasteiger partial charge in [-0.2, -0.15) is 0 Å². The number of amides is 7. The minimum absolute atomic E-state index is 0.0275. The quantitative estimate of drug-likeness (QED) is 0.227. The maximum Gasteiger partial charge on any atom is 0.277 e. The van der Waals surface area contributed by atoms with Gasteiger partial charge in [-0.1, -0.05) is 39.8 Å². The van der Waals surface area contributed by atoms with Crippen molar-refractivity contribution in [3.63, 3.8) is 0 Å². The Labute approximate surface area is 277 Å². The lowest BCUT2D eigenvalue weighted by atomic mass is 9.88. The van der Waals surface area contributed by atoms with Gasteiger partial charge in [-0.05, 0) is 6.08 Å². The number of piperazine rings is 2. The van der Waals surface area contributed by atoms with Crippen molar-refractivity contribution in [1.29, 1.82) is 0 Å². The van der Waals surface area contributed by atoms with Crippen LogP contribution in [0, 0.1) is 0 Å². The summed E-state index contributed by atoms with van der Waals surface area (Å²) >= 11 is 0. The second-order valence-corrected chi connectivity index (χ2v) is 11.8. The lowest BCUT2D eigenvalue weighted by molar-refractivity contribution is -0.161. The summed E-state index contributed by atoms with van der Waals surface area (Å²) < 4.78 is 0. The van der Waals surface area contributed by atoms with Crippen LogP contribution in [0.2, 0.25) is 0 Å². The number of carbonyl (C=O) groups excluding carboxylic acids is 8. The molecule has 16 heteroatoms. The highest BCUT2D eigenvalue weighted by atomic mass is 16.2. The predicted molar refractivity (Wildman–Crippen MR) is 172 cm³/mol. The van der Waals surface area contributed by atoms with Crippen molar-refractivity contribution in [2.45, 2.75) is 59.3 Å². The van der Waals surface area contributed by atoms with E-state index in [9.17, 15) is 38.4 Å². The van der Waals surface area contributed by atoms with E-state index < -0.39 is 41.4 Å². The van der Waals surface area contributed by atoms with Gasteiger partial charge in [-0.25, -0.2) is 9.97 Å². The van der Waals surface area contributed by atoms with Gasteiger partial charge in [-0.3, -0.25) is 53.1 Å². The van der Waals surface area contributed by atoms with Gasteiger partial charge in [0.15, 0.2) is 6.29 Å². The number of aldehydes is 1. The number of nitrogens with zero attached hydrogens (tertiary/aromatic N) is 5. The van der Waals surface area contributed by atoms with E-state index in [2.05, 4.69) is 38.4 Å². The molecule has 4 rings (SSSR count). The molecule has 16 nitrogen and oxygen atoms in total. The van der Waals surface area contributed by atoms with Crippen molar-refractivity contribution >= 4 is 53.7 Å². The summed E-state index contributed by atoms with van der Waals surface area (Å²) in [4.78, 5) is 107. The van der Waals surface area contributed by atoms with Crippen LogP contribution < -0.4 is 5.32 Å². The standard InChI is InChI=1S/C15H18N4O3.C9H12N2O.C8H10N2O4/c1-5-15(3,4)13-10(16-8-17-13)6-11-14(22)19(9(2)20)7-12(21)18-11;1-4-9(2,3)8-7(5-12)10-6-11-8;1-5(11)9-3-8(14)10(6(2)12)4-7(9)13/h5-6,8H,1,7H2,2-4H3,(H,16,17)(H,18,21);4-6H,1H2,2-3H3,(H,10,11);3-4H2,1-2H3/b11-6-;;. The van der Waals surface area contributed by atoms with Crippen LogP contribution in [-0.4, -0.2) is 102 Å². The van der Waals surface area contributed by atoms with E-state index in [0.717, 1.165) is 32.4 Å². The van der Waals surface area contributed by atoms with E-state index in [1.54, 1.807) is 12.2 Å². The number of allylic oxidation sites excluding steroid dienone is 2. The predicted octanol–water partition coefficient (Wildman–Crippen LogP) is 1.16. The van der Waals surface area contributed by atoms with Crippen molar-refractivity contribution in [3.8, 4) is 0 Å². The number of imide groups is 3. The number of hydrogen-bond donors (Lipinski definition) is 3. The third-order valence-electron chi connectivity index (χ3n) is 7.42. The average Bonchev–Trinajstić information content (AvgIpc) is 3.71. The number of carbonyl (C=O) groups is 8. The van der Waals surface area contributed by atoms with Crippen LogP contribution in [0.4, 0.5) is 0 Å². The van der Waals surface area contributed by atoms with Gasteiger partial charge in [-0.15, -0.1) is 13.2 Å². The fraction of sp³-hybridized carbons (Fsp3) is 0.375. The smallest absolute Gasteiger partial charge is 0.277 e. The van der Waals surface area contributed by atoms with Gasteiger partial charge >= 0.3 is 0 Å². The first-order valence-electron chi connectivity index (χ1n) is 14.6. The summed E-state index contributed by atoms with van der Waals surface area (Å²) in [6.45, 7) is 18.0. The molecule has 0 aromatic carbocycles. The van der Waals surface area contributed by atoms with E-state index in [-0.39, 0.29) is 36.2 Å². The Morgan fingerprint density at radius 2 is 1.15 bits per heavy atom. The number of hydrogen-bond acceptors (Lipinski definition) is 10. The maximum absolute atomic E-state index is 12.2. The lowest BCUT2D eigenvalue weighted by Crippen LogP contribution is -2.56. The van der Waals surface area contributed by atoms with Crippen LogP contribution in [0.15, 0.2) is 43.7 Å². The molecule has 4 heterocycles. The Balaban J connectivity index is 0.000000266. The van der Waals surface area contributed by atoms with Crippen molar-refractivity contribution in [2.75, 3.05) is 19.6 Å². The molecule has 2 aromatic heterocycles.